The lowest BCUT2D eigenvalue weighted by Crippen LogP contribution is -2.20. The highest BCUT2D eigenvalue weighted by Gasteiger charge is 2.13. The highest BCUT2D eigenvalue weighted by atomic mass is 31.2. The summed E-state index contributed by atoms with van der Waals surface area (Å²) in [5.74, 6) is 0.554. The Morgan fingerprint density at radius 1 is 1.14 bits per heavy atom. The van der Waals surface area contributed by atoms with E-state index >= 15 is 0 Å². The van der Waals surface area contributed by atoms with Crippen LogP contribution in [0, 0.1) is 0 Å². The minimum Gasteiger partial charge on any atom is -0.776 e. The van der Waals surface area contributed by atoms with Crippen molar-refractivity contribution in [1.82, 2.24) is 0 Å². The molecule has 14 heavy (non-hydrogen) atoms. The highest BCUT2D eigenvalue weighted by molar-refractivity contribution is 7.39. The van der Waals surface area contributed by atoms with Gasteiger partial charge in [0, 0.05) is 0 Å². The van der Waals surface area contributed by atoms with Gasteiger partial charge in [0.1, 0.15) is 14.4 Å². The van der Waals surface area contributed by atoms with Crippen molar-refractivity contribution < 1.29 is 13.9 Å². The van der Waals surface area contributed by atoms with E-state index in [2.05, 4.69) is 0 Å². The van der Waals surface area contributed by atoms with Gasteiger partial charge in [-0.05, 0) is 32.9 Å². The van der Waals surface area contributed by atoms with E-state index in [0.717, 1.165) is 0 Å². The van der Waals surface area contributed by atoms with E-state index < -0.39 is 14.2 Å². The number of rotatable bonds is 3. The molecule has 0 N–H and O–H groups in total. The maximum absolute atomic E-state index is 11.3. The SMILES string of the molecule is CC(C)(C)OP([O-])Oc1ccccc1. The maximum Gasteiger partial charge on any atom is 0.147 e. The lowest BCUT2D eigenvalue weighted by Gasteiger charge is -2.30. The summed E-state index contributed by atoms with van der Waals surface area (Å²) in [4.78, 5) is 11.3. The number of para-hydroxylation sites is 1. The molecule has 0 fully saturated rings. The Morgan fingerprint density at radius 3 is 2.21 bits per heavy atom. The summed E-state index contributed by atoms with van der Waals surface area (Å²) in [6.07, 6.45) is 0. The third-order valence-corrected chi connectivity index (χ3v) is 2.33. The minimum absolute atomic E-state index is 0.456. The number of benzene rings is 1. The van der Waals surface area contributed by atoms with Crippen LogP contribution < -0.4 is 9.42 Å². The predicted octanol–water partition coefficient (Wildman–Crippen LogP) is 2.47. The van der Waals surface area contributed by atoms with E-state index in [1.165, 1.54) is 0 Å². The molecule has 1 rings (SSSR count). The van der Waals surface area contributed by atoms with Gasteiger partial charge < -0.3 is 13.9 Å². The molecule has 0 aliphatic rings. The van der Waals surface area contributed by atoms with Crippen molar-refractivity contribution in [2.45, 2.75) is 26.4 Å². The highest BCUT2D eigenvalue weighted by Crippen LogP contribution is 2.35. The molecule has 0 heterocycles. The van der Waals surface area contributed by atoms with Crippen molar-refractivity contribution in [1.29, 1.82) is 0 Å². The van der Waals surface area contributed by atoms with Crippen LogP contribution in [0.3, 0.4) is 0 Å². The summed E-state index contributed by atoms with van der Waals surface area (Å²) >= 11 is 0. The van der Waals surface area contributed by atoms with Crippen LogP contribution >= 0.6 is 8.60 Å². The zero-order valence-corrected chi connectivity index (χ0v) is 9.45. The van der Waals surface area contributed by atoms with Crippen molar-refractivity contribution >= 4 is 8.60 Å². The molecule has 0 aliphatic heterocycles. The predicted molar refractivity (Wildman–Crippen MR) is 54.8 cm³/mol. The lowest BCUT2D eigenvalue weighted by atomic mass is 10.2. The van der Waals surface area contributed by atoms with Gasteiger partial charge in [-0.25, -0.2) is 0 Å². The van der Waals surface area contributed by atoms with Gasteiger partial charge in [0.25, 0.3) is 0 Å². The average molecular weight is 213 g/mol. The molecule has 1 unspecified atom stereocenters. The summed E-state index contributed by atoms with van der Waals surface area (Å²) in [7, 11) is -2.09. The van der Waals surface area contributed by atoms with Crippen molar-refractivity contribution in [3.63, 3.8) is 0 Å². The van der Waals surface area contributed by atoms with Gasteiger partial charge >= 0.3 is 0 Å². The second kappa shape index (κ2) is 4.74. The quantitative estimate of drug-likeness (QED) is 0.724. The Balaban J connectivity index is 2.46. The van der Waals surface area contributed by atoms with E-state index in [4.69, 9.17) is 9.05 Å². The third-order valence-electron chi connectivity index (χ3n) is 1.27. The molecule has 4 heteroatoms. The first-order valence-electron chi connectivity index (χ1n) is 4.37. The van der Waals surface area contributed by atoms with Gasteiger partial charge in [0.2, 0.25) is 0 Å². The Bertz CT molecular complexity index is 268. The molecule has 0 aromatic heterocycles. The molecular formula is C10H14O3P-. The molecule has 0 bridgehead atoms. The van der Waals surface area contributed by atoms with Crippen LogP contribution in [-0.4, -0.2) is 5.60 Å². The number of hydrogen-bond donors (Lipinski definition) is 0. The lowest BCUT2D eigenvalue weighted by molar-refractivity contribution is -0.204. The van der Waals surface area contributed by atoms with E-state index in [9.17, 15) is 4.89 Å². The van der Waals surface area contributed by atoms with Crippen LogP contribution in [0.2, 0.25) is 0 Å². The molecule has 0 radical (unpaired) electrons. The van der Waals surface area contributed by atoms with E-state index in [0.29, 0.717) is 5.75 Å². The Kier molecular flexibility index (Phi) is 3.87. The first kappa shape index (κ1) is 11.4. The normalized spacial score (nSPS) is 13.7. The standard InChI is InChI=1S/C10H14O3P/c1-10(2,3)13-14(11)12-9-7-5-4-6-8-9/h4-8H,1-3H3/q-1. The molecule has 1 atom stereocenters. The van der Waals surface area contributed by atoms with Crippen molar-refractivity contribution in [2.75, 3.05) is 0 Å². The molecule has 3 nitrogen and oxygen atoms in total. The molecule has 0 aliphatic carbocycles. The Morgan fingerprint density at radius 2 is 1.71 bits per heavy atom. The van der Waals surface area contributed by atoms with Crippen molar-refractivity contribution in [2.24, 2.45) is 0 Å². The molecule has 78 valence electrons. The van der Waals surface area contributed by atoms with Gasteiger partial charge in [0.15, 0.2) is 0 Å². The largest absolute Gasteiger partial charge is 0.776 e. The van der Waals surface area contributed by atoms with Crippen LogP contribution in [-0.2, 0) is 4.52 Å². The third kappa shape index (κ3) is 4.56. The molecule has 0 saturated heterocycles. The maximum atomic E-state index is 11.3. The summed E-state index contributed by atoms with van der Waals surface area (Å²) in [6, 6.07) is 8.97. The molecule has 0 spiro atoms. The molecule has 1 aromatic carbocycles. The van der Waals surface area contributed by atoms with Gasteiger partial charge in [-0.3, -0.25) is 0 Å². The monoisotopic (exact) mass is 213 g/mol. The molecular weight excluding hydrogens is 199 g/mol. The van der Waals surface area contributed by atoms with Gasteiger partial charge in [-0.1, -0.05) is 18.2 Å². The first-order chi connectivity index (χ1) is 6.47. The second-order valence-corrected chi connectivity index (χ2v) is 4.64. The zero-order chi connectivity index (χ0) is 10.6. The van der Waals surface area contributed by atoms with Gasteiger partial charge in [0.05, 0.1) is 5.60 Å². The fourth-order valence-electron chi connectivity index (χ4n) is 0.810. The summed E-state index contributed by atoms with van der Waals surface area (Å²) in [5, 5.41) is 0. The Labute approximate surface area is 85.7 Å². The molecule has 0 amide bonds. The summed E-state index contributed by atoms with van der Waals surface area (Å²) in [6.45, 7) is 5.48. The average Bonchev–Trinajstić information content (AvgIpc) is 2.02. The molecule has 0 saturated carbocycles. The van der Waals surface area contributed by atoms with E-state index in [1.807, 2.05) is 39.0 Å². The van der Waals surface area contributed by atoms with E-state index in [1.54, 1.807) is 12.1 Å². The Hall–Kier alpha value is -0.630. The van der Waals surface area contributed by atoms with Gasteiger partial charge in [-0.2, -0.15) is 0 Å². The first-order valence-corrected chi connectivity index (χ1v) is 5.46. The summed E-state index contributed by atoms with van der Waals surface area (Å²) < 4.78 is 10.2. The van der Waals surface area contributed by atoms with Crippen LogP contribution in [0.4, 0.5) is 0 Å². The second-order valence-electron chi connectivity index (χ2n) is 3.83. The minimum atomic E-state index is -2.09. The fraction of sp³-hybridized carbons (Fsp3) is 0.400. The van der Waals surface area contributed by atoms with Crippen molar-refractivity contribution in [3.8, 4) is 5.75 Å². The topological polar surface area (TPSA) is 41.5 Å². The number of hydrogen-bond acceptors (Lipinski definition) is 3. The van der Waals surface area contributed by atoms with Crippen LogP contribution in [0.5, 0.6) is 5.75 Å². The van der Waals surface area contributed by atoms with Crippen molar-refractivity contribution in [3.05, 3.63) is 30.3 Å². The molecule has 1 aromatic rings. The van der Waals surface area contributed by atoms with Crippen LogP contribution in [0.1, 0.15) is 20.8 Å². The van der Waals surface area contributed by atoms with Crippen LogP contribution in [0.15, 0.2) is 30.3 Å². The fourth-order valence-corrected chi connectivity index (χ4v) is 1.59. The summed E-state index contributed by atoms with van der Waals surface area (Å²) in [5.41, 5.74) is -0.456. The van der Waals surface area contributed by atoms with Gasteiger partial charge in [-0.15, -0.1) is 0 Å². The smallest absolute Gasteiger partial charge is 0.147 e. The van der Waals surface area contributed by atoms with E-state index in [-0.39, 0.29) is 0 Å². The van der Waals surface area contributed by atoms with Crippen LogP contribution in [0.25, 0.3) is 0 Å². The zero-order valence-electron chi connectivity index (χ0n) is 8.56.